The van der Waals surface area contributed by atoms with E-state index in [1.54, 1.807) is 0 Å². The van der Waals surface area contributed by atoms with Crippen molar-refractivity contribution in [1.29, 1.82) is 0 Å². The van der Waals surface area contributed by atoms with Crippen LogP contribution in [-0.2, 0) is 14.1 Å². The molecule has 0 aliphatic rings. The van der Waals surface area contributed by atoms with Crippen molar-refractivity contribution < 1.29 is 4.79 Å². The molecule has 0 fully saturated rings. The van der Waals surface area contributed by atoms with Crippen molar-refractivity contribution in [3.05, 3.63) is 32.7 Å². The standard InChI is InChI=1S/C10H9BrN4O3/c1-14-8-7(9(17)15(2)10(14)18)12-4-5(13-8)6(16)3-11/h4H,3H2,1-2H3. The molecule has 0 atom stereocenters. The molecule has 0 amide bonds. The van der Waals surface area contributed by atoms with Crippen LogP contribution in [0.2, 0.25) is 0 Å². The smallest absolute Gasteiger partial charge is 0.291 e. The number of ketones is 1. The van der Waals surface area contributed by atoms with Gasteiger partial charge in [-0.3, -0.25) is 18.7 Å². The van der Waals surface area contributed by atoms with E-state index in [1.165, 1.54) is 24.9 Å². The number of hydrogen-bond acceptors (Lipinski definition) is 5. The molecule has 0 unspecified atom stereocenters. The number of aromatic nitrogens is 4. The molecule has 0 radical (unpaired) electrons. The first-order chi connectivity index (χ1) is 8.47. The molecule has 2 heterocycles. The number of alkyl halides is 1. The lowest BCUT2D eigenvalue weighted by atomic mass is 10.3. The van der Waals surface area contributed by atoms with Crippen LogP contribution < -0.4 is 11.2 Å². The summed E-state index contributed by atoms with van der Waals surface area (Å²) in [5.41, 5.74) is -0.757. The fraction of sp³-hybridized carbons (Fsp3) is 0.300. The molecule has 0 aromatic carbocycles. The molecule has 0 N–H and O–H groups in total. The Hall–Kier alpha value is -1.83. The van der Waals surface area contributed by atoms with E-state index in [1.807, 2.05) is 0 Å². The lowest BCUT2D eigenvalue weighted by Gasteiger charge is -2.06. The maximum Gasteiger partial charge on any atom is 0.332 e. The van der Waals surface area contributed by atoms with E-state index in [0.717, 1.165) is 4.57 Å². The monoisotopic (exact) mass is 312 g/mol. The fourth-order valence-electron chi connectivity index (χ4n) is 1.53. The lowest BCUT2D eigenvalue weighted by Crippen LogP contribution is -2.37. The van der Waals surface area contributed by atoms with Crippen LogP contribution in [0.1, 0.15) is 10.5 Å². The van der Waals surface area contributed by atoms with Gasteiger partial charge in [-0.2, -0.15) is 0 Å². The van der Waals surface area contributed by atoms with E-state index >= 15 is 0 Å². The predicted octanol–water partition coefficient (Wildman–Crippen LogP) is -0.395. The van der Waals surface area contributed by atoms with Crippen LogP contribution in [0.15, 0.2) is 15.8 Å². The number of carbonyl (C=O) groups excluding carboxylic acids is 1. The van der Waals surface area contributed by atoms with Gasteiger partial charge in [0.05, 0.1) is 11.5 Å². The highest BCUT2D eigenvalue weighted by molar-refractivity contribution is 9.09. The summed E-state index contributed by atoms with van der Waals surface area (Å²) in [6, 6.07) is 0. The Labute approximate surface area is 109 Å². The van der Waals surface area contributed by atoms with E-state index in [0.29, 0.717) is 0 Å². The Morgan fingerprint density at radius 1 is 1.33 bits per heavy atom. The number of nitrogens with zero attached hydrogens (tertiary/aromatic N) is 4. The van der Waals surface area contributed by atoms with Crippen LogP contribution >= 0.6 is 15.9 Å². The van der Waals surface area contributed by atoms with E-state index in [9.17, 15) is 14.4 Å². The number of aryl methyl sites for hydroxylation is 1. The molecule has 18 heavy (non-hydrogen) atoms. The van der Waals surface area contributed by atoms with Crippen LogP contribution in [0.5, 0.6) is 0 Å². The van der Waals surface area contributed by atoms with Crippen LogP contribution in [0.3, 0.4) is 0 Å². The molecule has 0 saturated heterocycles. The zero-order valence-corrected chi connectivity index (χ0v) is 11.3. The highest BCUT2D eigenvalue weighted by Gasteiger charge is 2.14. The van der Waals surface area contributed by atoms with Crippen molar-refractivity contribution in [1.82, 2.24) is 19.1 Å². The molecule has 7 nitrogen and oxygen atoms in total. The van der Waals surface area contributed by atoms with Gasteiger partial charge in [0.25, 0.3) is 5.56 Å². The maximum atomic E-state index is 11.8. The van der Waals surface area contributed by atoms with Gasteiger partial charge < -0.3 is 0 Å². The summed E-state index contributed by atoms with van der Waals surface area (Å²) in [6.45, 7) is 0. The quantitative estimate of drug-likeness (QED) is 0.556. The third-order valence-electron chi connectivity index (χ3n) is 2.56. The Morgan fingerprint density at radius 3 is 2.61 bits per heavy atom. The maximum absolute atomic E-state index is 11.8. The summed E-state index contributed by atoms with van der Waals surface area (Å²) in [6.07, 6.45) is 1.23. The average Bonchev–Trinajstić information content (AvgIpc) is 2.41. The highest BCUT2D eigenvalue weighted by Crippen LogP contribution is 2.04. The summed E-state index contributed by atoms with van der Waals surface area (Å²) in [4.78, 5) is 42.9. The van der Waals surface area contributed by atoms with Crippen molar-refractivity contribution >= 4 is 32.9 Å². The van der Waals surface area contributed by atoms with Gasteiger partial charge in [0.1, 0.15) is 5.69 Å². The second-order valence-electron chi connectivity index (χ2n) is 3.69. The van der Waals surface area contributed by atoms with Crippen LogP contribution in [0, 0.1) is 0 Å². The molecule has 0 spiro atoms. The Morgan fingerprint density at radius 2 is 2.00 bits per heavy atom. The molecule has 94 valence electrons. The molecule has 2 rings (SSSR count). The second-order valence-corrected chi connectivity index (χ2v) is 4.25. The minimum atomic E-state index is -0.529. The SMILES string of the molecule is Cn1c(=O)c2ncc(C(=O)CBr)nc2n(C)c1=O. The minimum Gasteiger partial charge on any atom is -0.291 e. The number of fused-ring (bicyclic) bond motifs is 1. The number of halogens is 1. The highest BCUT2D eigenvalue weighted by atomic mass is 79.9. The summed E-state index contributed by atoms with van der Waals surface area (Å²) >= 11 is 3.02. The van der Waals surface area contributed by atoms with Crippen LogP contribution in [-0.4, -0.2) is 30.2 Å². The molecule has 2 aromatic rings. The zero-order valence-electron chi connectivity index (χ0n) is 9.68. The lowest BCUT2D eigenvalue weighted by molar-refractivity contribution is 0.101. The van der Waals surface area contributed by atoms with Crippen LogP contribution in [0.4, 0.5) is 0 Å². The number of hydrogen-bond donors (Lipinski definition) is 0. The number of carbonyl (C=O) groups is 1. The summed E-state index contributed by atoms with van der Waals surface area (Å²) in [5.74, 6) is -0.266. The summed E-state index contributed by atoms with van der Waals surface area (Å²) in [7, 11) is 2.84. The molecule has 0 saturated carbocycles. The number of Topliss-reactive ketones (excluding diaryl/α,β-unsaturated/α-hetero) is 1. The topological polar surface area (TPSA) is 86.8 Å². The fourth-order valence-corrected chi connectivity index (χ4v) is 1.82. The van der Waals surface area contributed by atoms with Gasteiger partial charge in [-0.25, -0.2) is 14.8 Å². The van der Waals surface area contributed by atoms with E-state index in [4.69, 9.17) is 0 Å². The average molecular weight is 313 g/mol. The predicted molar refractivity (Wildman–Crippen MR) is 68.1 cm³/mol. The molecule has 8 heteroatoms. The van der Waals surface area contributed by atoms with Gasteiger partial charge in [-0.05, 0) is 0 Å². The van der Waals surface area contributed by atoms with Gasteiger partial charge in [-0.1, -0.05) is 15.9 Å². The van der Waals surface area contributed by atoms with Gasteiger partial charge in [-0.15, -0.1) is 0 Å². The van der Waals surface area contributed by atoms with Gasteiger partial charge in [0.15, 0.2) is 16.9 Å². The zero-order chi connectivity index (χ0) is 13.4. The number of rotatable bonds is 2. The normalized spacial score (nSPS) is 10.8. The Kier molecular flexibility index (Phi) is 3.12. The Bertz CT molecular complexity index is 762. The second kappa shape index (κ2) is 4.45. The molecule has 0 aliphatic carbocycles. The first-order valence-corrected chi connectivity index (χ1v) is 6.11. The molecule has 0 aliphatic heterocycles. The third kappa shape index (κ3) is 1.78. The van der Waals surface area contributed by atoms with Crippen molar-refractivity contribution in [2.75, 3.05) is 5.33 Å². The van der Waals surface area contributed by atoms with Gasteiger partial charge in [0, 0.05) is 14.1 Å². The minimum absolute atomic E-state index is 0.0609. The molecular weight excluding hydrogens is 304 g/mol. The van der Waals surface area contributed by atoms with E-state index < -0.39 is 11.2 Å². The van der Waals surface area contributed by atoms with Gasteiger partial charge in [0.2, 0.25) is 0 Å². The largest absolute Gasteiger partial charge is 0.332 e. The van der Waals surface area contributed by atoms with Crippen LogP contribution in [0.25, 0.3) is 11.2 Å². The molecular formula is C10H9BrN4O3. The summed E-state index contributed by atoms with van der Waals surface area (Å²) in [5, 5.41) is 0.103. The third-order valence-corrected chi connectivity index (χ3v) is 3.07. The molecule has 2 aromatic heterocycles. The van der Waals surface area contributed by atoms with Crippen molar-refractivity contribution in [3.8, 4) is 0 Å². The molecule has 0 bridgehead atoms. The summed E-state index contributed by atoms with van der Waals surface area (Å²) < 4.78 is 2.14. The first-order valence-electron chi connectivity index (χ1n) is 4.99. The first kappa shape index (κ1) is 12.6. The van der Waals surface area contributed by atoms with Gasteiger partial charge >= 0.3 is 5.69 Å². The van der Waals surface area contributed by atoms with Crippen molar-refractivity contribution in [2.45, 2.75) is 0 Å². The van der Waals surface area contributed by atoms with E-state index in [2.05, 4.69) is 25.9 Å². The van der Waals surface area contributed by atoms with E-state index in [-0.39, 0.29) is 28.0 Å². The van der Waals surface area contributed by atoms with Crippen molar-refractivity contribution in [3.63, 3.8) is 0 Å². The Balaban J connectivity index is 2.91. The van der Waals surface area contributed by atoms with Crippen molar-refractivity contribution in [2.24, 2.45) is 14.1 Å².